The fraction of sp³-hybridized carbons (Fsp3) is 0.684. The second kappa shape index (κ2) is 9.48. The molecular formula is C19H28N2O4S. The van der Waals surface area contributed by atoms with Gasteiger partial charge in [-0.1, -0.05) is 6.07 Å². The Morgan fingerprint density at radius 1 is 1.31 bits per heavy atom. The molecule has 2 fully saturated rings. The number of rotatable bonds is 7. The van der Waals surface area contributed by atoms with Crippen molar-refractivity contribution in [3.63, 3.8) is 0 Å². The number of nitrogens with one attached hydrogen (secondary N) is 1. The molecule has 2 aliphatic heterocycles. The van der Waals surface area contributed by atoms with Gasteiger partial charge in [-0.3, -0.25) is 4.79 Å². The highest BCUT2D eigenvalue weighted by Crippen LogP contribution is 2.29. The van der Waals surface area contributed by atoms with Gasteiger partial charge in [0.2, 0.25) is 5.91 Å². The van der Waals surface area contributed by atoms with E-state index >= 15 is 0 Å². The van der Waals surface area contributed by atoms with Crippen LogP contribution in [0.2, 0.25) is 0 Å². The van der Waals surface area contributed by atoms with Crippen LogP contribution >= 0.6 is 11.3 Å². The Morgan fingerprint density at radius 3 is 2.81 bits per heavy atom. The average molecular weight is 381 g/mol. The zero-order valence-corrected chi connectivity index (χ0v) is 16.0. The normalized spacial score (nSPS) is 24.5. The summed E-state index contributed by atoms with van der Waals surface area (Å²) < 4.78 is 5.41. The van der Waals surface area contributed by atoms with Crippen LogP contribution in [0.25, 0.3) is 0 Å². The topological polar surface area (TPSA) is 74.1 Å². The molecule has 2 aliphatic rings. The maximum atomic E-state index is 12.6. The maximum Gasteiger partial charge on any atom is 0.227 e. The first-order chi connectivity index (χ1) is 12.6. The van der Waals surface area contributed by atoms with Gasteiger partial charge in [-0.2, -0.15) is 0 Å². The summed E-state index contributed by atoms with van der Waals surface area (Å²) in [5.41, 5.74) is 0. The third-order valence-corrected chi connectivity index (χ3v) is 6.52. The van der Waals surface area contributed by atoms with Gasteiger partial charge in [0, 0.05) is 30.4 Å². The van der Waals surface area contributed by atoms with E-state index in [4.69, 9.17) is 4.74 Å². The Bertz CT molecular complexity index is 586. The van der Waals surface area contributed by atoms with Gasteiger partial charge in [-0.05, 0) is 36.1 Å². The van der Waals surface area contributed by atoms with Gasteiger partial charge in [0.05, 0.1) is 26.2 Å². The minimum atomic E-state index is -0.975. The minimum Gasteiger partial charge on any atom is -0.550 e. The molecule has 2 saturated heterocycles. The molecule has 1 aromatic rings. The third kappa shape index (κ3) is 5.53. The molecule has 1 amide bonds. The molecule has 2 atom stereocenters. The van der Waals surface area contributed by atoms with Crippen LogP contribution in [0, 0.1) is 11.8 Å². The van der Waals surface area contributed by atoms with Gasteiger partial charge in [0.1, 0.15) is 13.1 Å². The molecule has 0 spiro atoms. The minimum absolute atomic E-state index is 0.107. The number of ether oxygens (including phenoxy) is 1. The van der Waals surface area contributed by atoms with Crippen LogP contribution in [0.15, 0.2) is 17.5 Å². The van der Waals surface area contributed by atoms with E-state index in [1.54, 1.807) is 11.3 Å². The Labute approximate surface area is 158 Å². The van der Waals surface area contributed by atoms with Crippen LogP contribution in [0.5, 0.6) is 0 Å². The molecule has 0 aromatic carbocycles. The Hall–Kier alpha value is -1.44. The van der Waals surface area contributed by atoms with Crippen molar-refractivity contribution in [1.82, 2.24) is 4.90 Å². The summed E-state index contributed by atoms with van der Waals surface area (Å²) in [7, 11) is 0. The number of carbonyl (C=O) groups excluding carboxylic acids is 2. The number of amides is 1. The van der Waals surface area contributed by atoms with Crippen LogP contribution in [0.3, 0.4) is 0 Å². The first-order valence-electron chi connectivity index (χ1n) is 9.53. The highest BCUT2D eigenvalue weighted by molar-refractivity contribution is 7.10. The predicted molar refractivity (Wildman–Crippen MR) is 96.8 cm³/mol. The summed E-state index contributed by atoms with van der Waals surface area (Å²) in [6.07, 6.45) is 2.27. The summed E-state index contributed by atoms with van der Waals surface area (Å²) in [6.45, 7) is 5.97. The zero-order chi connectivity index (χ0) is 18.4. The molecule has 0 radical (unpaired) electrons. The number of thiophene rings is 1. The van der Waals surface area contributed by atoms with Crippen molar-refractivity contribution in [2.75, 3.05) is 45.9 Å². The number of hydrogen-bond donors (Lipinski definition) is 1. The van der Waals surface area contributed by atoms with E-state index in [9.17, 15) is 14.7 Å². The quantitative estimate of drug-likeness (QED) is 0.672. The monoisotopic (exact) mass is 380 g/mol. The van der Waals surface area contributed by atoms with Gasteiger partial charge in [-0.15, -0.1) is 11.3 Å². The summed E-state index contributed by atoms with van der Waals surface area (Å²) in [5, 5.41) is 13.1. The first-order valence-corrected chi connectivity index (χ1v) is 10.4. The number of carboxylic acids is 1. The Kier molecular flexibility index (Phi) is 7.05. The van der Waals surface area contributed by atoms with E-state index in [0.29, 0.717) is 19.5 Å². The van der Waals surface area contributed by atoms with Gasteiger partial charge < -0.3 is 24.4 Å². The molecule has 0 saturated carbocycles. The molecule has 7 heteroatoms. The summed E-state index contributed by atoms with van der Waals surface area (Å²) in [4.78, 5) is 28.3. The number of aliphatic carboxylic acids is 1. The van der Waals surface area contributed by atoms with Gasteiger partial charge in [-0.25, -0.2) is 0 Å². The van der Waals surface area contributed by atoms with E-state index < -0.39 is 5.97 Å². The van der Waals surface area contributed by atoms with Crippen molar-refractivity contribution >= 4 is 23.2 Å². The van der Waals surface area contributed by atoms with Crippen LogP contribution in [0.1, 0.15) is 24.1 Å². The molecule has 0 aliphatic carbocycles. The number of quaternary nitrogens is 1. The number of piperidine rings is 1. The lowest BCUT2D eigenvalue weighted by Gasteiger charge is -2.39. The molecule has 0 bridgehead atoms. The van der Waals surface area contributed by atoms with Crippen molar-refractivity contribution in [3.05, 3.63) is 22.4 Å². The summed E-state index contributed by atoms with van der Waals surface area (Å²) >= 11 is 1.61. The zero-order valence-electron chi connectivity index (χ0n) is 15.2. The fourth-order valence-electron chi connectivity index (χ4n) is 4.09. The highest BCUT2D eigenvalue weighted by atomic mass is 32.1. The van der Waals surface area contributed by atoms with Crippen molar-refractivity contribution in [3.8, 4) is 0 Å². The number of carboxylic acid groups (broad SMARTS) is 1. The standard InChI is InChI=1S/C19H28N2O4S/c22-18(13-17-2-1-11-26-17)21-6-4-15(12-19(23)24)16(14-21)3-5-20-7-9-25-10-8-20/h1-2,11,15-16H,3-10,12-14H2,(H,23,24)/t15-,16-/m0/s1. The number of carbonyl (C=O) groups is 2. The van der Waals surface area contributed by atoms with Gasteiger partial charge in [0.15, 0.2) is 0 Å². The number of nitrogens with zero attached hydrogens (tertiary/aromatic N) is 1. The Morgan fingerprint density at radius 2 is 2.12 bits per heavy atom. The molecule has 144 valence electrons. The molecule has 3 heterocycles. The van der Waals surface area contributed by atoms with Crippen LogP contribution < -0.4 is 10.0 Å². The third-order valence-electron chi connectivity index (χ3n) is 5.65. The van der Waals surface area contributed by atoms with Crippen molar-refractivity contribution in [2.24, 2.45) is 11.8 Å². The maximum absolute atomic E-state index is 12.6. The molecule has 1 N–H and O–H groups in total. The van der Waals surface area contributed by atoms with Crippen molar-refractivity contribution < 1.29 is 24.3 Å². The fourth-order valence-corrected chi connectivity index (χ4v) is 4.79. The van der Waals surface area contributed by atoms with E-state index in [1.165, 1.54) is 4.90 Å². The lowest BCUT2D eigenvalue weighted by Crippen LogP contribution is -3.14. The van der Waals surface area contributed by atoms with E-state index in [2.05, 4.69) is 0 Å². The predicted octanol–water partition coefficient (Wildman–Crippen LogP) is -0.799. The van der Waals surface area contributed by atoms with Crippen molar-refractivity contribution in [1.29, 1.82) is 0 Å². The number of likely N-dealkylation sites (tertiary alicyclic amines) is 1. The second-order valence-corrected chi connectivity index (χ2v) is 8.41. The van der Waals surface area contributed by atoms with E-state index in [0.717, 1.165) is 50.6 Å². The molecule has 6 nitrogen and oxygen atoms in total. The number of hydrogen-bond acceptors (Lipinski definition) is 5. The van der Waals surface area contributed by atoms with Gasteiger partial charge in [0.25, 0.3) is 0 Å². The van der Waals surface area contributed by atoms with E-state index in [-0.39, 0.29) is 24.2 Å². The molecule has 3 rings (SSSR count). The Balaban J connectivity index is 1.56. The van der Waals surface area contributed by atoms with E-state index in [1.807, 2.05) is 22.4 Å². The smallest absolute Gasteiger partial charge is 0.227 e. The number of morpholine rings is 1. The highest BCUT2D eigenvalue weighted by Gasteiger charge is 2.32. The SMILES string of the molecule is O=C([O-])C[C@@H]1CCN(C(=O)Cc2cccs2)C[C@@H]1CC[NH+]1CCOCC1. The molecule has 1 aromatic heterocycles. The lowest BCUT2D eigenvalue weighted by atomic mass is 9.81. The largest absolute Gasteiger partial charge is 0.550 e. The lowest BCUT2D eigenvalue weighted by molar-refractivity contribution is -0.908. The van der Waals surface area contributed by atoms with Crippen LogP contribution in [0.4, 0.5) is 0 Å². The summed E-state index contributed by atoms with van der Waals surface area (Å²) in [5.74, 6) is -0.462. The molecule has 26 heavy (non-hydrogen) atoms. The molecule has 0 unspecified atom stereocenters. The van der Waals surface area contributed by atoms with Crippen molar-refractivity contribution in [2.45, 2.75) is 25.7 Å². The second-order valence-electron chi connectivity index (χ2n) is 7.38. The van der Waals surface area contributed by atoms with Crippen LogP contribution in [-0.2, 0) is 20.7 Å². The molecular weight excluding hydrogens is 352 g/mol. The average Bonchev–Trinajstić information content (AvgIpc) is 3.14. The first kappa shape index (κ1) is 19.3. The summed E-state index contributed by atoms with van der Waals surface area (Å²) in [6, 6.07) is 3.96. The van der Waals surface area contributed by atoms with Gasteiger partial charge >= 0.3 is 0 Å². The van der Waals surface area contributed by atoms with Crippen LogP contribution in [-0.4, -0.2) is 62.7 Å².